The van der Waals surface area contributed by atoms with E-state index in [1.54, 1.807) is 0 Å². The van der Waals surface area contributed by atoms with Gasteiger partial charge in [0.15, 0.2) is 0 Å². The molecule has 3 aliphatic rings. The van der Waals surface area contributed by atoms with E-state index in [-0.39, 0.29) is 11.8 Å². The molecule has 0 saturated heterocycles. The molecular formula is C57H52. The summed E-state index contributed by atoms with van der Waals surface area (Å²) < 4.78 is 0. The van der Waals surface area contributed by atoms with Gasteiger partial charge in [0, 0.05) is 11.8 Å². The van der Waals surface area contributed by atoms with E-state index >= 15 is 0 Å². The summed E-state index contributed by atoms with van der Waals surface area (Å²) in [5.74, 6) is 0.486. The van der Waals surface area contributed by atoms with Gasteiger partial charge < -0.3 is 0 Å². The minimum atomic E-state index is 0.199. The fraction of sp³-hybridized carbons (Fsp3) is 0.158. The summed E-state index contributed by atoms with van der Waals surface area (Å²) in [6.07, 6.45) is 9.11. The summed E-state index contributed by atoms with van der Waals surface area (Å²) in [7, 11) is 0. The van der Waals surface area contributed by atoms with Crippen molar-refractivity contribution in [1.82, 2.24) is 0 Å². The molecule has 7 aromatic carbocycles. The second-order valence-electron chi connectivity index (χ2n) is 14.9. The van der Waals surface area contributed by atoms with Gasteiger partial charge in [-0.2, -0.15) is 0 Å². The Bertz CT molecular complexity index is 2680. The van der Waals surface area contributed by atoms with Crippen molar-refractivity contribution in [2.45, 2.75) is 59.3 Å². The highest BCUT2D eigenvalue weighted by molar-refractivity contribution is 5.96. The molecule has 2 bridgehead atoms. The molecule has 0 heteroatoms. The first-order valence-corrected chi connectivity index (χ1v) is 20.9. The van der Waals surface area contributed by atoms with Crippen LogP contribution in [-0.4, -0.2) is 0 Å². The Morgan fingerprint density at radius 3 is 1.95 bits per heavy atom. The molecule has 0 heterocycles. The molecule has 0 radical (unpaired) electrons. The second kappa shape index (κ2) is 16.5. The van der Waals surface area contributed by atoms with Crippen LogP contribution in [0.2, 0.25) is 0 Å². The zero-order valence-electron chi connectivity index (χ0n) is 34.0. The topological polar surface area (TPSA) is 0 Å². The maximum atomic E-state index is 4.66. The Labute approximate surface area is 340 Å². The van der Waals surface area contributed by atoms with Crippen molar-refractivity contribution in [1.29, 1.82) is 0 Å². The Balaban J connectivity index is 0.00000110. The minimum absolute atomic E-state index is 0.199. The summed E-state index contributed by atoms with van der Waals surface area (Å²) in [6, 6.07) is 58.4. The zero-order valence-corrected chi connectivity index (χ0v) is 34.0. The van der Waals surface area contributed by atoms with Crippen molar-refractivity contribution in [3.8, 4) is 22.3 Å². The SMILES string of the molecule is C=C1/C=C(/c2ccc3c(c2)C2=C(C)C3c3c(cc(-c4ccccc4)cc3-c3ccccc3)C=C2)CCC(c2ccc3ccccc3c2)c2ccccc21.CC.CC. The molecule has 2 unspecified atom stereocenters. The lowest BCUT2D eigenvalue weighted by Gasteiger charge is -2.26. The Morgan fingerprint density at radius 2 is 1.18 bits per heavy atom. The molecule has 2 atom stereocenters. The van der Waals surface area contributed by atoms with Crippen molar-refractivity contribution >= 4 is 33.6 Å². The van der Waals surface area contributed by atoms with Gasteiger partial charge in [-0.25, -0.2) is 0 Å². The van der Waals surface area contributed by atoms with Crippen LogP contribution in [-0.2, 0) is 0 Å². The Hall–Kier alpha value is -6.24. The molecule has 0 nitrogen and oxygen atoms in total. The fourth-order valence-corrected chi connectivity index (χ4v) is 9.31. The molecule has 0 aromatic heterocycles. The third-order valence-electron chi connectivity index (χ3n) is 11.9. The van der Waals surface area contributed by atoms with Gasteiger partial charge in [-0.15, -0.1) is 0 Å². The van der Waals surface area contributed by atoms with Crippen LogP contribution in [0.4, 0.5) is 0 Å². The Kier molecular flexibility index (Phi) is 10.9. The summed E-state index contributed by atoms with van der Waals surface area (Å²) in [4.78, 5) is 0. The molecule has 0 saturated carbocycles. The molecule has 0 aliphatic heterocycles. The lowest BCUT2D eigenvalue weighted by atomic mass is 9.78. The molecule has 57 heavy (non-hydrogen) atoms. The van der Waals surface area contributed by atoms with Gasteiger partial charge in [0.05, 0.1) is 0 Å². The minimum Gasteiger partial charge on any atom is -0.0911 e. The highest BCUT2D eigenvalue weighted by Gasteiger charge is 2.34. The van der Waals surface area contributed by atoms with Crippen LogP contribution in [0.5, 0.6) is 0 Å². The van der Waals surface area contributed by atoms with Crippen LogP contribution in [0, 0.1) is 0 Å². The first kappa shape index (κ1) is 37.7. The summed E-state index contributed by atoms with van der Waals surface area (Å²) in [5.41, 5.74) is 21.1. The van der Waals surface area contributed by atoms with E-state index in [4.69, 9.17) is 0 Å². The number of fused-ring (bicyclic) bond motifs is 8. The number of allylic oxidation sites excluding steroid dienone is 6. The van der Waals surface area contributed by atoms with E-state index in [0.29, 0.717) is 0 Å². The average Bonchev–Trinajstić information content (AvgIpc) is 3.45. The van der Waals surface area contributed by atoms with Crippen molar-refractivity contribution in [3.05, 3.63) is 227 Å². The predicted molar refractivity (Wildman–Crippen MR) is 248 cm³/mol. The predicted octanol–water partition coefficient (Wildman–Crippen LogP) is 16.2. The van der Waals surface area contributed by atoms with Crippen molar-refractivity contribution in [3.63, 3.8) is 0 Å². The number of hydrogen-bond acceptors (Lipinski definition) is 0. The van der Waals surface area contributed by atoms with Crippen LogP contribution in [0.1, 0.15) is 104 Å². The summed E-state index contributed by atoms with van der Waals surface area (Å²) in [6.45, 7) is 15.0. The van der Waals surface area contributed by atoms with E-state index in [1.807, 2.05) is 27.7 Å². The third-order valence-corrected chi connectivity index (χ3v) is 11.9. The molecule has 0 fully saturated rings. The third kappa shape index (κ3) is 6.95. The lowest BCUT2D eigenvalue weighted by molar-refractivity contribution is 0.732. The van der Waals surface area contributed by atoms with E-state index < -0.39 is 0 Å². The van der Waals surface area contributed by atoms with E-state index in [9.17, 15) is 0 Å². The molecule has 3 aliphatic carbocycles. The maximum absolute atomic E-state index is 4.66. The molecule has 0 spiro atoms. The van der Waals surface area contributed by atoms with Crippen LogP contribution in [0.15, 0.2) is 182 Å². The van der Waals surface area contributed by atoms with Gasteiger partial charge >= 0.3 is 0 Å². The van der Waals surface area contributed by atoms with Gasteiger partial charge in [-0.1, -0.05) is 198 Å². The molecule has 0 amide bonds. The molecular weight excluding hydrogens is 685 g/mol. The van der Waals surface area contributed by atoms with Crippen LogP contribution in [0.25, 0.3) is 55.8 Å². The number of hydrogen-bond donors (Lipinski definition) is 0. The standard InChI is InChI=1S/C53H40.2C2H6/c1-34-29-40(23-27-47(48-20-12-11-19-45(34)48)42-22-21-37-15-9-10-18-39(37)30-42)41-24-28-49-51(32-41)46-26-25-43-31-44(36-13-5-3-6-14-36)33-50(38-16-7-4-8-17-38)53(43)52(49)35(46)2;2*1-2/h3-22,24-26,28-33,47,52H,1,23,27H2,2H3;2*1-2H3/b40-29+;;. The van der Waals surface area contributed by atoms with E-state index in [1.165, 1.54) is 94.3 Å². The van der Waals surface area contributed by atoms with Gasteiger partial charge in [-0.05, 0) is 132 Å². The van der Waals surface area contributed by atoms with Gasteiger partial charge in [0.25, 0.3) is 0 Å². The highest BCUT2D eigenvalue weighted by atomic mass is 14.4. The van der Waals surface area contributed by atoms with Gasteiger partial charge in [-0.3, -0.25) is 0 Å². The molecule has 280 valence electrons. The molecule has 0 N–H and O–H groups in total. The number of rotatable bonds is 4. The Morgan fingerprint density at radius 1 is 0.509 bits per heavy atom. The second-order valence-corrected chi connectivity index (χ2v) is 14.9. The largest absolute Gasteiger partial charge is 0.0911 e. The highest BCUT2D eigenvalue weighted by Crippen LogP contribution is 2.53. The fourth-order valence-electron chi connectivity index (χ4n) is 9.31. The first-order valence-electron chi connectivity index (χ1n) is 20.9. The monoisotopic (exact) mass is 736 g/mol. The van der Waals surface area contributed by atoms with E-state index in [2.05, 4.69) is 189 Å². The van der Waals surface area contributed by atoms with E-state index in [0.717, 1.165) is 18.4 Å². The first-order chi connectivity index (χ1) is 28.1. The van der Waals surface area contributed by atoms with Crippen molar-refractivity contribution < 1.29 is 0 Å². The average molecular weight is 737 g/mol. The maximum Gasteiger partial charge on any atom is 0.0323 e. The van der Waals surface area contributed by atoms with Gasteiger partial charge in [0.1, 0.15) is 0 Å². The summed E-state index contributed by atoms with van der Waals surface area (Å²) in [5, 5.41) is 2.58. The molecule has 7 aromatic rings. The van der Waals surface area contributed by atoms with Crippen molar-refractivity contribution in [2.24, 2.45) is 0 Å². The smallest absolute Gasteiger partial charge is 0.0323 e. The zero-order chi connectivity index (χ0) is 39.5. The van der Waals surface area contributed by atoms with Crippen molar-refractivity contribution in [2.75, 3.05) is 0 Å². The summed E-state index contributed by atoms with van der Waals surface area (Å²) >= 11 is 0. The quantitative estimate of drug-likeness (QED) is 0.169. The van der Waals surface area contributed by atoms with Crippen LogP contribution >= 0.6 is 0 Å². The molecule has 10 rings (SSSR count). The lowest BCUT2D eigenvalue weighted by Crippen LogP contribution is -2.08. The van der Waals surface area contributed by atoms with Crippen LogP contribution in [0.3, 0.4) is 0 Å². The van der Waals surface area contributed by atoms with Crippen LogP contribution < -0.4 is 0 Å². The van der Waals surface area contributed by atoms with Gasteiger partial charge in [0.2, 0.25) is 0 Å². The number of benzene rings is 7. The normalized spacial score (nSPS) is 17.3.